The first-order valence-electron chi connectivity index (χ1n) is 11.7. The zero-order chi connectivity index (χ0) is 23.1. The Morgan fingerprint density at radius 3 is 2.62 bits per heavy atom. The van der Waals surface area contributed by atoms with Crippen LogP contribution in [-0.2, 0) is 20.7 Å². The number of nitrogens with one attached hydrogen (secondary N) is 1. The highest BCUT2D eigenvalue weighted by molar-refractivity contribution is 5.91. The van der Waals surface area contributed by atoms with Crippen LogP contribution >= 0.6 is 0 Å². The summed E-state index contributed by atoms with van der Waals surface area (Å²) in [7, 11) is 0. The van der Waals surface area contributed by atoms with Crippen LogP contribution in [0.25, 0.3) is 10.9 Å². The third-order valence-corrected chi connectivity index (χ3v) is 6.18. The number of esters is 1. The number of allylic oxidation sites excluding steroid dienone is 2. The van der Waals surface area contributed by atoms with Gasteiger partial charge in [0.05, 0.1) is 5.92 Å². The Hall–Kier alpha value is -2.76. The molecule has 1 aromatic heterocycles. The second kappa shape index (κ2) is 10.7. The summed E-state index contributed by atoms with van der Waals surface area (Å²) in [5, 5.41) is 0.878. The molecule has 6 heteroatoms. The van der Waals surface area contributed by atoms with Crippen molar-refractivity contribution in [1.29, 1.82) is 0 Å². The third-order valence-electron chi connectivity index (χ3n) is 6.18. The van der Waals surface area contributed by atoms with Crippen LogP contribution in [0.15, 0.2) is 36.0 Å². The minimum Gasteiger partial charge on any atom is -0.455 e. The van der Waals surface area contributed by atoms with Gasteiger partial charge in [-0.25, -0.2) is 4.79 Å². The van der Waals surface area contributed by atoms with Crippen molar-refractivity contribution in [3.63, 3.8) is 0 Å². The van der Waals surface area contributed by atoms with Crippen LogP contribution in [0, 0.1) is 5.92 Å². The number of aromatic amines is 1. The maximum absolute atomic E-state index is 12.6. The van der Waals surface area contributed by atoms with Crippen molar-refractivity contribution in [3.8, 4) is 5.75 Å². The molecule has 1 aliphatic carbocycles. The van der Waals surface area contributed by atoms with Gasteiger partial charge in [-0.05, 0) is 63.1 Å². The summed E-state index contributed by atoms with van der Waals surface area (Å²) in [6, 6.07) is 5.56. The molecule has 1 saturated carbocycles. The number of ether oxygens (including phenoxy) is 3. The SMILES string of the molecule is CC/C(C)=C/Cc1c[nH]c2cccc(OC(=O)OCC3(OC(=O)C(C)C)CCCCC3)c12. The summed E-state index contributed by atoms with van der Waals surface area (Å²) in [6.45, 7) is 7.86. The molecule has 2 aromatic rings. The topological polar surface area (TPSA) is 77.6 Å². The monoisotopic (exact) mass is 441 g/mol. The van der Waals surface area contributed by atoms with Gasteiger partial charge in [0.2, 0.25) is 0 Å². The van der Waals surface area contributed by atoms with Gasteiger partial charge in [0.1, 0.15) is 18.0 Å². The van der Waals surface area contributed by atoms with E-state index in [0.29, 0.717) is 18.6 Å². The fourth-order valence-electron chi connectivity index (χ4n) is 4.01. The molecule has 0 atom stereocenters. The van der Waals surface area contributed by atoms with Crippen molar-refractivity contribution >= 4 is 23.0 Å². The highest BCUT2D eigenvalue weighted by atomic mass is 16.7. The number of fused-ring (bicyclic) bond motifs is 1. The number of rotatable bonds is 8. The van der Waals surface area contributed by atoms with Gasteiger partial charge in [0.25, 0.3) is 0 Å². The first-order chi connectivity index (χ1) is 15.3. The van der Waals surface area contributed by atoms with Crippen LogP contribution in [-0.4, -0.2) is 29.3 Å². The van der Waals surface area contributed by atoms with Crippen LogP contribution in [0.2, 0.25) is 0 Å². The number of aromatic nitrogens is 1. The van der Waals surface area contributed by atoms with Gasteiger partial charge in [0.15, 0.2) is 0 Å². The largest absolute Gasteiger partial charge is 0.514 e. The highest BCUT2D eigenvalue weighted by Gasteiger charge is 2.38. The van der Waals surface area contributed by atoms with Crippen LogP contribution in [0.4, 0.5) is 4.79 Å². The minimum atomic E-state index is -0.782. The smallest absolute Gasteiger partial charge is 0.455 e. The molecule has 1 aromatic carbocycles. The van der Waals surface area contributed by atoms with E-state index in [0.717, 1.165) is 48.6 Å². The summed E-state index contributed by atoms with van der Waals surface area (Å²) in [4.78, 5) is 28.1. The molecule has 0 spiro atoms. The van der Waals surface area contributed by atoms with Crippen molar-refractivity contribution in [1.82, 2.24) is 4.98 Å². The molecule has 0 amide bonds. The lowest BCUT2D eigenvalue weighted by Gasteiger charge is -2.36. The number of carbonyl (C=O) groups is 2. The van der Waals surface area contributed by atoms with Crippen LogP contribution in [0.1, 0.15) is 71.8 Å². The quantitative estimate of drug-likeness (QED) is 0.288. The van der Waals surface area contributed by atoms with E-state index in [2.05, 4.69) is 24.9 Å². The molecule has 0 unspecified atom stereocenters. The van der Waals surface area contributed by atoms with Crippen LogP contribution in [0.3, 0.4) is 0 Å². The summed E-state index contributed by atoms with van der Waals surface area (Å²) < 4.78 is 16.9. The van der Waals surface area contributed by atoms with E-state index in [-0.39, 0.29) is 18.5 Å². The fraction of sp³-hybridized carbons (Fsp3) is 0.538. The van der Waals surface area contributed by atoms with E-state index in [1.54, 1.807) is 19.9 Å². The van der Waals surface area contributed by atoms with Crippen molar-refractivity contribution in [3.05, 3.63) is 41.6 Å². The van der Waals surface area contributed by atoms with Crippen molar-refractivity contribution < 1.29 is 23.8 Å². The van der Waals surface area contributed by atoms with E-state index < -0.39 is 11.8 Å². The summed E-state index contributed by atoms with van der Waals surface area (Å²) >= 11 is 0. The van der Waals surface area contributed by atoms with Gasteiger partial charge in [0, 0.05) is 17.1 Å². The predicted octanol–water partition coefficient (Wildman–Crippen LogP) is 6.48. The molecule has 32 heavy (non-hydrogen) atoms. The lowest BCUT2D eigenvalue weighted by molar-refractivity contribution is -0.173. The molecular formula is C26H35NO5. The Morgan fingerprint density at radius 1 is 1.19 bits per heavy atom. The molecule has 174 valence electrons. The predicted molar refractivity (Wildman–Crippen MR) is 125 cm³/mol. The van der Waals surface area contributed by atoms with Gasteiger partial charge >= 0.3 is 12.1 Å². The van der Waals surface area contributed by atoms with E-state index >= 15 is 0 Å². The Labute approximate surface area is 190 Å². The molecule has 0 saturated heterocycles. The van der Waals surface area contributed by atoms with Crippen molar-refractivity contribution in [2.45, 2.75) is 78.2 Å². The van der Waals surface area contributed by atoms with Gasteiger partial charge < -0.3 is 19.2 Å². The molecule has 1 fully saturated rings. The number of hydrogen-bond acceptors (Lipinski definition) is 5. The van der Waals surface area contributed by atoms with Gasteiger partial charge in [-0.2, -0.15) is 0 Å². The van der Waals surface area contributed by atoms with Crippen LogP contribution < -0.4 is 4.74 Å². The zero-order valence-electron chi connectivity index (χ0n) is 19.7. The molecule has 1 heterocycles. The minimum absolute atomic E-state index is 0.0126. The second-order valence-corrected chi connectivity index (χ2v) is 9.06. The number of hydrogen-bond donors (Lipinski definition) is 1. The second-order valence-electron chi connectivity index (χ2n) is 9.06. The number of H-pyrrole nitrogens is 1. The third kappa shape index (κ3) is 5.93. The average Bonchev–Trinajstić information content (AvgIpc) is 3.21. The van der Waals surface area contributed by atoms with Gasteiger partial charge in [-0.15, -0.1) is 0 Å². The zero-order valence-corrected chi connectivity index (χ0v) is 19.7. The number of carbonyl (C=O) groups excluding carboxylic acids is 2. The fourth-order valence-corrected chi connectivity index (χ4v) is 4.01. The first-order valence-corrected chi connectivity index (χ1v) is 11.7. The lowest BCUT2D eigenvalue weighted by atomic mass is 9.85. The summed E-state index contributed by atoms with van der Waals surface area (Å²) in [5.41, 5.74) is 2.52. The standard InChI is InChI=1S/C26H35NO5/c1-5-19(4)12-13-20-16-27-21-10-9-11-22(23(20)21)31-25(29)30-17-26(14-7-6-8-15-26)32-24(28)18(2)3/h9-12,16,18,27H,5-8,13-15,17H2,1-4H3/b19-12+. The Bertz CT molecular complexity index is 966. The normalized spacial score (nSPS) is 16.2. The maximum Gasteiger partial charge on any atom is 0.514 e. The molecule has 6 nitrogen and oxygen atoms in total. The van der Waals surface area contributed by atoms with Crippen molar-refractivity contribution in [2.24, 2.45) is 5.92 Å². The average molecular weight is 442 g/mol. The Morgan fingerprint density at radius 2 is 1.94 bits per heavy atom. The van der Waals surface area contributed by atoms with Crippen LogP contribution in [0.5, 0.6) is 5.75 Å². The Balaban J connectivity index is 1.71. The molecule has 1 N–H and O–H groups in total. The Kier molecular flexibility index (Phi) is 7.99. The maximum atomic E-state index is 12.6. The molecular weight excluding hydrogens is 406 g/mol. The molecule has 3 rings (SSSR count). The van der Waals surface area contributed by atoms with Gasteiger partial charge in [-0.1, -0.05) is 44.9 Å². The highest BCUT2D eigenvalue weighted by Crippen LogP contribution is 2.34. The molecule has 0 radical (unpaired) electrons. The molecule has 0 bridgehead atoms. The first kappa shape index (κ1) is 23.9. The lowest BCUT2D eigenvalue weighted by Crippen LogP contribution is -2.43. The number of benzene rings is 1. The summed E-state index contributed by atoms with van der Waals surface area (Å²) in [5.74, 6) is -0.0278. The summed E-state index contributed by atoms with van der Waals surface area (Å²) in [6.07, 6.45) is 9.48. The van der Waals surface area contributed by atoms with E-state index in [9.17, 15) is 9.59 Å². The van der Waals surface area contributed by atoms with E-state index in [4.69, 9.17) is 14.2 Å². The van der Waals surface area contributed by atoms with E-state index in [1.807, 2.05) is 18.3 Å². The molecule has 0 aliphatic heterocycles. The van der Waals surface area contributed by atoms with E-state index in [1.165, 1.54) is 5.57 Å². The molecule has 1 aliphatic rings. The van der Waals surface area contributed by atoms with Crippen molar-refractivity contribution in [2.75, 3.05) is 6.61 Å². The van der Waals surface area contributed by atoms with Gasteiger partial charge in [-0.3, -0.25) is 4.79 Å².